The molecule has 0 atom stereocenters. The Morgan fingerprint density at radius 3 is 1.77 bits per heavy atom. The van der Waals surface area contributed by atoms with E-state index < -0.39 is 78.6 Å². The zero-order valence-corrected chi connectivity index (χ0v) is 24.7. The summed E-state index contributed by atoms with van der Waals surface area (Å²) in [5.41, 5.74) is 3.67. The lowest BCUT2D eigenvalue weighted by Gasteiger charge is -2.21. The van der Waals surface area contributed by atoms with Gasteiger partial charge in [0.05, 0.1) is 34.5 Å². The van der Waals surface area contributed by atoms with E-state index in [4.69, 9.17) is 17.3 Å². The fourth-order valence-electron chi connectivity index (χ4n) is 6.35. The van der Waals surface area contributed by atoms with Crippen LogP contribution in [0.3, 0.4) is 0 Å². The second kappa shape index (κ2) is 11.3. The van der Waals surface area contributed by atoms with Gasteiger partial charge in [-0.1, -0.05) is 157 Å². The van der Waals surface area contributed by atoms with E-state index in [0.717, 1.165) is 11.1 Å². The molecule has 0 N–H and O–H groups in total. The van der Waals surface area contributed by atoms with Crippen molar-refractivity contribution in [1.82, 2.24) is 9.55 Å². The van der Waals surface area contributed by atoms with Crippen LogP contribution in [0.5, 0.6) is 0 Å². The summed E-state index contributed by atoms with van der Waals surface area (Å²) in [6.07, 6.45) is 0. The summed E-state index contributed by atoms with van der Waals surface area (Å²) >= 11 is 0. The Bertz CT molecular complexity index is 3200. The molecular formula is C45H30N2. The summed E-state index contributed by atoms with van der Waals surface area (Å²) in [7, 11) is 0. The van der Waals surface area contributed by atoms with E-state index in [9.17, 15) is 5.48 Å². The van der Waals surface area contributed by atoms with Crippen LogP contribution in [-0.2, 0) is 0 Å². The number of para-hydroxylation sites is 3. The lowest BCUT2D eigenvalue weighted by molar-refractivity contribution is 1.10. The van der Waals surface area contributed by atoms with Crippen molar-refractivity contribution in [3.05, 3.63) is 182 Å². The third kappa shape index (κ3) is 4.54. The molecule has 0 amide bonds. The number of hydrogen-bond acceptors (Lipinski definition) is 1. The normalized spacial score (nSPS) is 15.3. The first-order valence-electron chi connectivity index (χ1n) is 21.5. The lowest BCUT2D eigenvalue weighted by atomic mass is 9.85. The van der Waals surface area contributed by atoms with Gasteiger partial charge in [0.25, 0.3) is 0 Å². The van der Waals surface area contributed by atoms with Crippen LogP contribution in [0.1, 0.15) is 17.8 Å². The Hall–Kier alpha value is -6.25. The number of aromatic nitrogens is 2. The Balaban J connectivity index is 1.51. The maximum Gasteiger partial charge on any atom is 0.145 e. The van der Waals surface area contributed by atoms with Crippen LogP contribution in [0.2, 0.25) is 0 Å². The predicted octanol–water partition coefficient (Wildman–Crippen LogP) is 12.0. The van der Waals surface area contributed by atoms with E-state index in [-0.39, 0.29) is 49.6 Å². The van der Waals surface area contributed by atoms with Crippen molar-refractivity contribution < 1.29 is 17.8 Å². The maximum absolute atomic E-state index is 9.51. The molecule has 0 radical (unpaired) electrons. The van der Waals surface area contributed by atoms with Gasteiger partial charge in [0, 0.05) is 11.1 Å². The average Bonchev–Trinajstić information content (AvgIpc) is 3.65. The van der Waals surface area contributed by atoms with Crippen molar-refractivity contribution in [2.75, 3.05) is 0 Å². The SMILES string of the molecule is [2H]c1c([2H])c([2H])c(-c2nc3ccccc3n2-c2ccccc2-c2c3c([2H])c([2H])c([2H])c([2H])c3c(-c3cccc(-c4ccccc4)c3)c3c([2H])c([2H])c([2H])c([2H])c23)c([2H])c1[2H]. The standard InChI is InChI=1S/C45H30N2/c1-3-16-31(17-4-1)33-20-15-21-34(30-33)43-35-22-7-9-24-37(35)44(38-25-10-8-23-36(38)43)39-26-11-13-28-41(39)47-42-29-14-12-27-40(42)46-45(47)32-18-5-2-6-19-32/h1-30H/i2D,5D,6D,7D,8D,9D,10D,18D,19D,22D,23D,24D,25D. The molecule has 0 unspecified atom stereocenters. The zero-order valence-electron chi connectivity index (χ0n) is 37.7. The van der Waals surface area contributed by atoms with Gasteiger partial charge in [0.1, 0.15) is 5.82 Å². The first-order valence-corrected chi connectivity index (χ1v) is 15.0. The molecule has 1 heterocycles. The van der Waals surface area contributed by atoms with Crippen LogP contribution in [0.25, 0.3) is 83.0 Å². The third-order valence-corrected chi connectivity index (χ3v) is 8.33. The van der Waals surface area contributed by atoms with Crippen LogP contribution in [-0.4, -0.2) is 9.55 Å². The molecule has 0 bridgehead atoms. The molecule has 47 heavy (non-hydrogen) atoms. The van der Waals surface area contributed by atoms with E-state index in [2.05, 4.69) is 0 Å². The molecule has 9 rings (SSSR count). The summed E-state index contributed by atoms with van der Waals surface area (Å²) in [6, 6.07) is 23.9. The van der Waals surface area contributed by atoms with Crippen LogP contribution >= 0.6 is 0 Å². The van der Waals surface area contributed by atoms with Gasteiger partial charge in [-0.05, 0) is 73.6 Å². The average molecular weight is 612 g/mol. The van der Waals surface area contributed by atoms with Crippen LogP contribution < -0.4 is 0 Å². The topological polar surface area (TPSA) is 17.8 Å². The van der Waals surface area contributed by atoms with E-state index in [1.54, 1.807) is 65.2 Å². The Morgan fingerprint density at radius 1 is 0.447 bits per heavy atom. The summed E-state index contributed by atoms with van der Waals surface area (Å²) in [4.78, 5) is 4.81. The number of imidazole rings is 1. The summed E-state index contributed by atoms with van der Waals surface area (Å²) in [5.74, 6) is -0.00702. The summed E-state index contributed by atoms with van der Waals surface area (Å²) in [6.45, 7) is 0. The minimum absolute atomic E-state index is 0.000116. The Kier molecular flexibility index (Phi) is 4.05. The van der Waals surface area contributed by atoms with E-state index in [1.807, 2.05) is 42.5 Å². The highest BCUT2D eigenvalue weighted by molar-refractivity contribution is 6.22. The molecule has 0 saturated heterocycles. The zero-order chi connectivity index (χ0) is 42.5. The smallest absolute Gasteiger partial charge is 0.145 e. The van der Waals surface area contributed by atoms with Crippen molar-refractivity contribution in [2.45, 2.75) is 0 Å². The molecule has 0 aliphatic heterocycles. The predicted molar refractivity (Wildman–Crippen MR) is 198 cm³/mol. The number of rotatable bonds is 5. The van der Waals surface area contributed by atoms with Gasteiger partial charge in [-0.3, -0.25) is 4.57 Å². The maximum atomic E-state index is 9.51. The quantitative estimate of drug-likeness (QED) is 0.177. The molecule has 2 heteroatoms. The third-order valence-electron chi connectivity index (χ3n) is 8.33. The van der Waals surface area contributed by atoms with Crippen LogP contribution in [0.15, 0.2) is 182 Å². The van der Waals surface area contributed by atoms with Crippen LogP contribution in [0.4, 0.5) is 0 Å². The molecule has 8 aromatic carbocycles. The number of benzene rings is 8. The Morgan fingerprint density at radius 2 is 1.02 bits per heavy atom. The molecular weight excluding hydrogens is 569 g/mol. The molecule has 0 spiro atoms. The molecule has 220 valence electrons. The number of hydrogen-bond donors (Lipinski definition) is 0. The highest BCUT2D eigenvalue weighted by Gasteiger charge is 2.21. The van der Waals surface area contributed by atoms with Crippen molar-refractivity contribution in [3.63, 3.8) is 0 Å². The van der Waals surface area contributed by atoms with Gasteiger partial charge < -0.3 is 0 Å². The minimum atomic E-state index is -0.576. The van der Waals surface area contributed by atoms with Gasteiger partial charge in [-0.15, -0.1) is 0 Å². The molecule has 1 aromatic heterocycles. The second-order valence-corrected chi connectivity index (χ2v) is 11.0. The second-order valence-electron chi connectivity index (χ2n) is 11.0. The molecule has 0 saturated carbocycles. The summed E-state index contributed by atoms with van der Waals surface area (Å²) in [5, 5.41) is 0.0736. The fourth-order valence-corrected chi connectivity index (χ4v) is 6.35. The van der Waals surface area contributed by atoms with Gasteiger partial charge in [0.2, 0.25) is 0 Å². The first-order chi connectivity index (χ1) is 28.7. The van der Waals surface area contributed by atoms with Gasteiger partial charge in [0.15, 0.2) is 0 Å². The van der Waals surface area contributed by atoms with E-state index in [0.29, 0.717) is 22.3 Å². The molecule has 2 nitrogen and oxygen atoms in total. The Labute approximate surface area is 292 Å². The van der Waals surface area contributed by atoms with Crippen molar-refractivity contribution in [2.24, 2.45) is 0 Å². The highest BCUT2D eigenvalue weighted by Crippen LogP contribution is 2.46. The van der Waals surface area contributed by atoms with E-state index >= 15 is 0 Å². The monoisotopic (exact) mass is 611 g/mol. The largest absolute Gasteiger partial charge is 0.292 e. The summed E-state index contributed by atoms with van der Waals surface area (Å²) < 4.78 is 118. The highest BCUT2D eigenvalue weighted by atomic mass is 15.1. The minimum Gasteiger partial charge on any atom is -0.292 e. The molecule has 0 fully saturated rings. The fraction of sp³-hybridized carbons (Fsp3) is 0. The van der Waals surface area contributed by atoms with Gasteiger partial charge in [-0.25, -0.2) is 4.98 Å². The van der Waals surface area contributed by atoms with Crippen molar-refractivity contribution in [1.29, 1.82) is 0 Å². The van der Waals surface area contributed by atoms with Crippen molar-refractivity contribution >= 4 is 32.6 Å². The van der Waals surface area contributed by atoms with Crippen LogP contribution in [0, 0.1) is 0 Å². The lowest BCUT2D eigenvalue weighted by Crippen LogP contribution is -2.01. The van der Waals surface area contributed by atoms with Crippen molar-refractivity contribution in [3.8, 4) is 50.5 Å². The number of fused-ring (bicyclic) bond motifs is 3. The molecule has 0 aliphatic carbocycles. The molecule has 9 aromatic rings. The molecule has 0 aliphatic rings. The first kappa shape index (κ1) is 16.9. The van der Waals surface area contributed by atoms with Gasteiger partial charge >= 0.3 is 0 Å². The number of nitrogens with zero attached hydrogens (tertiary/aromatic N) is 2. The van der Waals surface area contributed by atoms with E-state index in [1.165, 1.54) is 0 Å². The van der Waals surface area contributed by atoms with Gasteiger partial charge in [-0.2, -0.15) is 0 Å².